The van der Waals surface area contributed by atoms with Crippen LogP contribution in [0.25, 0.3) is 0 Å². The molecule has 0 aromatic carbocycles. The number of rotatable bonds is 3. The van der Waals surface area contributed by atoms with Crippen LogP contribution in [0.3, 0.4) is 0 Å². The van der Waals surface area contributed by atoms with Gasteiger partial charge in [0.05, 0.1) is 0 Å². The molecule has 0 aromatic heterocycles. The smallest absolute Gasteiger partial charge is 0.0496 e. The molecule has 0 N–H and O–H groups in total. The zero-order valence-corrected chi connectivity index (χ0v) is 10.8. The van der Waals surface area contributed by atoms with Gasteiger partial charge in [-0.25, -0.2) is 0 Å². The summed E-state index contributed by atoms with van der Waals surface area (Å²) in [4.78, 5) is 0. The van der Waals surface area contributed by atoms with E-state index in [1.807, 2.05) is 0 Å². The van der Waals surface area contributed by atoms with Crippen molar-refractivity contribution < 1.29 is 0 Å². The van der Waals surface area contributed by atoms with Crippen molar-refractivity contribution in [3.8, 4) is 0 Å². The lowest BCUT2D eigenvalue weighted by Gasteiger charge is -2.35. The molecular weight excluding hydrogens is 220 g/mol. The van der Waals surface area contributed by atoms with Crippen LogP contribution in [0.2, 0.25) is 5.04 Å². The van der Waals surface area contributed by atoms with Crippen LogP contribution in [0.15, 0.2) is 71.4 Å². The Bertz CT molecular complexity index is 436. The van der Waals surface area contributed by atoms with Gasteiger partial charge in [-0.3, -0.25) is 0 Å². The van der Waals surface area contributed by atoms with Gasteiger partial charge in [-0.1, -0.05) is 71.4 Å². The highest BCUT2D eigenvalue weighted by atomic mass is 28.1. The van der Waals surface area contributed by atoms with Crippen molar-refractivity contribution in [1.29, 1.82) is 0 Å². The largest absolute Gasteiger partial charge is 0.0804 e. The zero-order chi connectivity index (χ0) is 11.7. The van der Waals surface area contributed by atoms with Crippen LogP contribution in [0.1, 0.15) is 19.3 Å². The second-order valence-corrected chi connectivity index (χ2v) is 5.47. The van der Waals surface area contributed by atoms with E-state index >= 15 is 0 Å². The zero-order valence-electron chi connectivity index (χ0n) is 9.82. The Morgan fingerprint density at radius 2 is 1.06 bits per heavy atom. The molecule has 0 saturated heterocycles. The molecule has 0 aliphatic heterocycles. The molecule has 0 saturated carbocycles. The first kappa shape index (κ1) is 10.8. The van der Waals surface area contributed by atoms with E-state index in [4.69, 9.17) is 0 Å². The van der Waals surface area contributed by atoms with Crippen LogP contribution in [0.5, 0.6) is 0 Å². The molecule has 3 radical (unpaired) electrons. The fourth-order valence-electron chi connectivity index (χ4n) is 2.79. The van der Waals surface area contributed by atoms with Crippen molar-refractivity contribution in [1.82, 2.24) is 0 Å². The van der Waals surface area contributed by atoms with Gasteiger partial charge >= 0.3 is 0 Å². The SMILES string of the molecule is [Si]C(C1=CC=CC1)(C1=CC=CC1)C1=CC=CC1. The molecule has 0 spiro atoms. The second kappa shape index (κ2) is 4.15. The van der Waals surface area contributed by atoms with Crippen LogP contribution < -0.4 is 0 Å². The number of allylic oxidation sites excluding steroid dienone is 12. The van der Waals surface area contributed by atoms with Crippen molar-refractivity contribution in [2.75, 3.05) is 0 Å². The average Bonchev–Trinajstić information content (AvgIpc) is 3.10. The van der Waals surface area contributed by atoms with E-state index in [1.54, 1.807) is 0 Å². The van der Waals surface area contributed by atoms with E-state index in [0.29, 0.717) is 0 Å². The van der Waals surface area contributed by atoms with Gasteiger partial charge < -0.3 is 0 Å². The Labute approximate surface area is 106 Å². The molecular formula is C16H15Si. The first-order chi connectivity index (χ1) is 8.32. The Morgan fingerprint density at radius 1 is 0.706 bits per heavy atom. The fourth-order valence-corrected chi connectivity index (χ4v) is 3.35. The van der Waals surface area contributed by atoms with E-state index in [9.17, 15) is 0 Å². The summed E-state index contributed by atoms with van der Waals surface area (Å²) in [5.74, 6) is 0. The Balaban J connectivity index is 2.01. The minimum atomic E-state index is -0.0590. The minimum Gasteiger partial charge on any atom is -0.0804 e. The first-order valence-corrected chi connectivity index (χ1v) is 6.65. The maximum Gasteiger partial charge on any atom is 0.0496 e. The molecule has 0 unspecified atom stereocenters. The lowest BCUT2D eigenvalue weighted by molar-refractivity contribution is 0.803. The van der Waals surface area contributed by atoms with Crippen molar-refractivity contribution in [3.05, 3.63) is 71.4 Å². The van der Waals surface area contributed by atoms with Crippen molar-refractivity contribution in [2.45, 2.75) is 24.3 Å². The molecule has 0 bridgehead atoms. The summed E-state index contributed by atoms with van der Waals surface area (Å²) in [7, 11) is 4.10. The third kappa shape index (κ3) is 1.66. The lowest BCUT2D eigenvalue weighted by atomic mass is 9.81. The van der Waals surface area contributed by atoms with Crippen LogP contribution >= 0.6 is 0 Å². The van der Waals surface area contributed by atoms with Gasteiger partial charge in [0.2, 0.25) is 0 Å². The van der Waals surface area contributed by atoms with Gasteiger partial charge in [0.25, 0.3) is 0 Å². The molecule has 0 nitrogen and oxygen atoms in total. The van der Waals surface area contributed by atoms with E-state index < -0.39 is 0 Å². The standard InChI is InChI=1S/C16H15Si/c17-16(13-7-1-2-8-13,14-9-3-4-10-14)15-11-5-6-12-15/h1-7,9,11H,8,10,12H2. The van der Waals surface area contributed by atoms with Gasteiger partial charge in [0, 0.05) is 15.3 Å². The van der Waals surface area contributed by atoms with Crippen LogP contribution in [-0.2, 0) is 0 Å². The normalized spacial score (nSPS) is 22.1. The maximum atomic E-state index is 4.10. The Kier molecular flexibility index (Phi) is 2.64. The lowest BCUT2D eigenvalue weighted by Crippen LogP contribution is -2.20. The van der Waals surface area contributed by atoms with E-state index in [0.717, 1.165) is 19.3 Å². The average molecular weight is 235 g/mol. The van der Waals surface area contributed by atoms with Crippen molar-refractivity contribution >= 4 is 10.2 Å². The summed E-state index contributed by atoms with van der Waals surface area (Å²) >= 11 is 0. The summed E-state index contributed by atoms with van der Waals surface area (Å²) in [6.45, 7) is 0. The maximum absolute atomic E-state index is 4.10. The van der Waals surface area contributed by atoms with Gasteiger partial charge in [0.1, 0.15) is 0 Å². The highest BCUT2D eigenvalue weighted by Crippen LogP contribution is 2.53. The Morgan fingerprint density at radius 3 is 1.29 bits per heavy atom. The molecule has 0 aromatic rings. The quantitative estimate of drug-likeness (QED) is 0.649. The third-order valence-corrected chi connectivity index (χ3v) is 4.72. The molecule has 1 heteroatoms. The minimum absolute atomic E-state index is 0.0590. The summed E-state index contributed by atoms with van der Waals surface area (Å²) in [5, 5.41) is -0.0590. The van der Waals surface area contributed by atoms with Crippen molar-refractivity contribution in [3.63, 3.8) is 0 Å². The Hall–Kier alpha value is -1.34. The van der Waals surface area contributed by atoms with Gasteiger partial charge in [0.15, 0.2) is 0 Å². The molecule has 3 aliphatic carbocycles. The molecule has 0 heterocycles. The topological polar surface area (TPSA) is 0 Å². The van der Waals surface area contributed by atoms with E-state index in [1.165, 1.54) is 16.7 Å². The van der Waals surface area contributed by atoms with Crippen LogP contribution in [0, 0.1) is 0 Å². The predicted molar refractivity (Wildman–Crippen MR) is 74.0 cm³/mol. The van der Waals surface area contributed by atoms with Crippen LogP contribution in [0.4, 0.5) is 0 Å². The molecule has 83 valence electrons. The molecule has 3 rings (SSSR count). The van der Waals surface area contributed by atoms with Crippen molar-refractivity contribution in [2.24, 2.45) is 0 Å². The molecule has 0 atom stereocenters. The summed E-state index contributed by atoms with van der Waals surface area (Å²) < 4.78 is 0. The van der Waals surface area contributed by atoms with E-state index in [2.05, 4.69) is 64.9 Å². The first-order valence-electron chi connectivity index (χ1n) is 6.15. The van der Waals surface area contributed by atoms with E-state index in [-0.39, 0.29) is 5.04 Å². The molecule has 17 heavy (non-hydrogen) atoms. The highest BCUT2D eigenvalue weighted by Gasteiger charge is 2.36. The summed E-state index contributed by atoms with van der Waals surface area (Å²) in [5.41, 5.74) is 4.37. The van der Waals surface area contributed by atoms with Gasteiger partial charge in [-0.15, -0.1) is 0 Å². The van der Waals surface area contributed by atoms with Gasteiger partial charge in [-0.2, -0.15) is 0 Å². The third-order valence-electron chi connectivity index (χ3n) is 3.76. The van der Waals surface area contributed by atoms with Gasteiger partial charge in [-0.05, 0) is 19.3 Å². The number of hydrogen-bond acceptors (Lipinski definition) is 0. The molecule has 0 fully saturated rings. The summed E-state index contributed by atoms with van der Waals surface area (Å²) in [6.07, 6.45) is 23.1. The predicted octanol–water partition coefficient (Wildman–Crippen LogP) is 3.97. The second-order valence-electron chi connectivity index (χ2n) is 4.72. The molecule has 3 aliphatic rings. The highest BCUT2D eigenvalue weighted by molar-refractivity contribution is 6.22. The fraction of sp³-hybridized carbons (Fsp3) is 0.250. The monoisotopic (exact) mass is 235 g/mol. The summed E-state index contributed by atoms with van der Waals surface area (Å²) in [6, 6.07) is 0. The van der Waals surface area contributed by atoms with Crippen LogP contribution in [-0.4, -0.2) is 10.2 Å². The number of hydrogen-bond donors (Lipinski definition) is 0. The molecule has 0 amide bonds.